The first-order valence-corrected chi connectivity index (χ1v) is 11.5. The van der Waals surface area contributed by atoms with Crippen molar-refractivity contribution < 1.29 is 28.3 Å². The van der Waals surface area contributed by atoms with Crippen molar-refractivity contribution in [2.75, 3.05) is 11.5 Å². The smallest absolute Gasteiger partial charge is 0.338 e. The van der Waals surface area contributed by atoms with Gasteiger partial charge in [-0.05, 0) is 80.1 Å². The third-order valence-electron chi connectivity index (χ3n) is 6.46. The van der Waals surface area contributed by atoms with Crippen LogP contribution in [0.1, 0.15) is 59.7 Å². The number of nitrogens with one attached hydrogen (secondary N) is 1. The summed E-state index contributed by atoms with van der Waals surface area (Å²) in [6.07, 6.45) is 4.34. The van der Waals surface area contributed by atoms with Gasteiger partial charge in [-0.15, -0.1) is 0 Å². The Kier molecular flexibility index (Phi) is 7.17. The van der Waals surface area contributed by atoms with E-state index in [0.29, 0.717) is 11.6 Å². The van der Waals surface area contributed by atoms with Crippen LogP contribution in [0, 0.1) is 11.7 Å². The number of imide groups is 1. The normalized spacial score (nSPS) is 22.6. The third-order valence-corrected chi connectivity index (χ3v) is 6.46. The minimum atomic E-state index is -0.716. The van der Waals surface area contributed by atoms with Crippen LogP contribution in [-0.2, 0) is 14.3 Å². The average molecular weight is 467 g/mol. The van der Waals surface area contributed by atoms with Gasteiger partial charge in [0, 0.05) is 11.6 Å². The van der Waals surface area contributed by atoms with E-state index >= 15 is 0 Å². The maximum atomic E-state index is 13.0. The van der Waals surface area contributed by atoms with Crippen LogP contribution < -0.4 is 10.2 Å². The first-order chi connectivity index (χ1) is 16.3. The van der Waals surface area contributed by atoms with E-state index < -0.39 is 30.2 Å². The second-order valence-electron chi connectivity index (χ2n) is 9.00. The monoisotopic (exact) mass is 466 g/mol. The van der Waals surface area contributed by atoms with Crippen LogP contribution in [-0.4, -0.2) is 42.3 Å². The molecule has 0 radical (unpaired) electrons. The van der Waals surface area contributed by atoms with Crippen LogP contribution in [0.5, 0.6) is 0 Å². The van der Waals surface area contributed by atoms with E-state index in [-0.39, 0.29) is 35.4 Å². The van der Waals surface area contributed by atoms with Crippen molar-refractivity contribution in [3.05, 3.63) is 65.5 Å². The zero-order chi connectivity index (χ0) is 24.2. The van der Waals surface area contributed by atoms with E-state index in [1.54, 1.807) is 0 Å². The molecule has 2 amide bonds. The van der Waals surface area contributed by atoms with Gasteiger partial charge in [0.1, 0.15) is 5.82 Å². The average Bonchev–Trinajstić information content (AvgIpc) is 3.11. The van der Waals surface area contributed by atoms with Gasteiger partial charge in [-0.1, -0.05) is 6.92 Å². The van der Waals surface area contributed by atoms with Crippen LogP contribution in [0.15, 0.2) is 48.5 Å². The molecule has 1 atom stereocenters. The number of benzene rings is 2. The van der Waals surface area contributed by atoms with Crippen LogP contribution in [0.3, 0.4) is 0 Å². The molecule has 8 heteroatoms. The van der Waals surface area contributed by atoms with E-state index in [1.165, 1.54) is 36.4 Å². The van der Waals surface area contributed by atoms with E-state index in [9.17, 15) is 23.6 Å². The third kappa shape index (κ3) is 5.39. The highest BCUT2D eigenvalue weighted by molar-refractivity contribution is 6.22. The molecule has 1 saturated carbocycles. The number of hydrogen-bond acceptors (Lipinski definition) is 6. The van der Waals surface area contributed by atoms with E-state index in [2.05, 4.69) is 12.2 Å². The molecular weight excluding hydrogens is 439 g/mol. The van der Waals surface area contributed by atoms with Gasteiger partial charge in [0.15, 0.2) is 12.4 Å². The summed E-state index contributed by atoms with van der Waals surface area (Å²) in [7, 11) is 0. The number of amides is 2. The summed E-state index contributed by atoms with van der Waals surface area (Å²) >= 11 is 0. The lowest BCUT2D eigenvalue weighted by Gasteiger charge is -2.28. The maximum Gasteiger partial charge on any atom is 0.338 e. The van der Waals surface area contributed by atoms with Gasteiger partial charge in [-0.25, -0.2) is 14.1 Å². The number of esters is 1. The molecule has 1 heterocycles. The summed E-state index contributed by atoms with van der Waals surface area (Å²) in [6, 6.07) is 10.6. The Bertz CT molecular complexity index is 1080. The summed E-state index contributed by atoms with van der Waals surface area (Å²) in [5.74, 6) is -1.51. The van der Waals surface area contributed by atoms with Gasteiger partial charge in [0.2, 0.25) is 5.91 Å². The molecule has 2 aromatic carbocycles. The first-order valence-electron chi connectivity index (χ1n) is 11.5. The lowest BCUT2D eigenvalue weighted by molar-refractivity contribution is -0.121. The fraction of sp³-hybridized carbons (Fsp3) is 0.385. The Morgan fingerprint density at radius 3 is 2.24 bits per heavy atom. The number of nitrogens with zero attached hydrogens (tertiary/aromatic N) is 1. The minimum Gasteiger partial charge on any atom is -0.454 e. The molecule has 2 fully saturated rings. The topological polar surface area (TPSA) is 92.8 Å². The fourth-order valence-electron chi connectivity index (χ4n) is 4.42. The molecule has 178 valence electrons. The number of carbonyl (C=O) groups is 4. The number of ether oxygens (including phenoxy) is 1. The summed E-state index contributed by atoms with van der Waals surface area (Å²) in [5.41, 5.74) is 0.803. The minimum absolute atomic E-state index is 0.111. The molecule has 1 aliphatic heterocycles. The van der Waals surface area contributed by atoms with Gasteiger partial charge in [-0.2, -0.15) is 0 Å². The number of ketones is 1. The molecule has 0 spiro atoms. The molecule has 1 unspecified atom stereocenters. The molecule has 1 saturated heterocycles. The number of rotatable bonds is 7. The van der Waals surface area contributed by atoms with Gasteiger partial charge in [-0.3, -0.25) is 14.4 Å². The second kappa shape index (κ2) is 10.3. The first kappa shape index (κ1) is 23.8. The van der Waals surface area contributed by atoms with Crippen molar-refractivity contribution in [2.45, 2.75) is 51.1 Å². The van der Waals surface area contributed by atoms with Crippen LogP contribution in [0.4, 0.5) is 10.1 Å². The van der Waals surface area contributed by atoms with Crippen molar-refractivity contribution in [1.29, 1.82) is 0 Å². The molecule has 0 aromatic heterocycles. The zero-order valence-corrected chi connectivity index (χ0v) is 19.0. The fourth-order valence-corrected chi connectivity index (χ4v) is 4.42. The lowest BCUT2D eigenvalue weighted by atomic mass is 9.87. The van der Waals surface area contributed by atoms with Crippen LogP contribution in [0.2, 0.25) is 0 Å². The molecule has 2 aliphatic rings. The lowest BCUT2D eigenvalue weighted by Crippen LogP contribution is -2.45. The second-order valence-corrected chi connectivity index (χ2v) is 9.00. The highest BCUT2D eigenvalue weighted by Gasteiger charge is 2.40. The molecule has 4 rings (SSSR count). The van der Waals surface area contributed by atoms with Crippen molar-refractivity contribution in [2.24, 2.45) is 5.92 Å². The largest absolute Gasteiger partial charge is 0.454 e. The molecule has 2 aromatic rings. The molecule has 1 aliphatic carbocycles. The number of anilines is 1. The van der Waals surface area contributed by atoms with Crippen molar-refractivity contribution in [3.8, 4) is 0 Å². The number of carbonyl (C=O) groups excluding carboxylic acids is 4. The van der Waals surface area contributed by atoms with E-state index in [4.69, 9.17) is 4.74 Å². The van der Waals surface area contributed by atoms with Crippen LogP contribution in [0.25, 0.3) is 0 Å². The Labute approximate surface area is 197 Å². The van der Waals surface area contributed by atoms with Gasteiger partial charge >= 0.3 is 5.97 Å². The SMILES string of the molecule is CC1CCC(NC2CC(=O)N(c3ccc(C(=O)OCC(=O)c4ccc(F)cc4)cc3)C2=O)CC1. The summed E-state index contributed by atoms with van der Waals surface area (Å²) < 4.78 is 18.0. The summed E-state index contributed by atoms with van der Waals surface area (Å²) in [4.78, 5) is 51.0. The Morgan fingerprint density at radius 1 is 0.971 bits per heavy atom. The van der Waals surface area contributed by atoms with Crippen molar-refractivity contribution in [1.82, 2.24) is 5.32 Å². The Morgan fingerprint density at radius 2 is 1.59 bits per heavy atom. The standard InChI is InChI=1S/C26H27FN2O5/c1-16-2-10-20(11-3-16)28-22-14-24(31)29(25(22)32)21-12-6-18(7-13-21)26(33)34-15-23(30)17-4-8-19(27)9-5-17/h4-9,12-13,16,20,22,28H,2-3,10-11,14-15H2,1H3. The van der Waals surface area contributed by atoms with Crippen molar-refractivity contribution >= 4 is 29.3 Å². The Balaban J connectivity index is 1.33. The molecule has 7 nitrogen and oxygen atoms in total. The Hall–Kier alpha value is -3.39. The number of hydrogen-bond donors (Lipinski definition) is 1. The number of halogens is 1. The molecule has 0 bridgehead atoms. The van der Waals surface area contributed by atoms with Gasteiger partial charge in [0.05, 0.1) is 23.7 Å². The van der Waals surface area contributed by atoms with Gasteiger partial charge in [0.25, 0.3) is 5.91 Å². The zero-order valence-electron chi connectivity index (χ0n) is 19.0. The quantitative estimate of drug-likeness (QED) is 0.380. The molecule has 34 heavy (non-hydrogen) atoms. The highest BCUT2D eigenvalue weighted by Crippen LogP contribution is 2.27. The molecule has 1 N–H and O–H groups in total. The van der Waals surface area contributed by atoms with Gasteiger partial charge < -0.3 is 10.1 Å². The summed E-state index contributed by atoms with van der Waals surface area (Å²) in [5, 5.41) is 3.35. The van der Waals surface area contributed by atoms with E-state index in [1.807, 2.05) is 0 Å². The maximum absolute atomic E-state index is 13.0. The predicted molar refractivity (Wildman–Crippen MR) is 123 cm³/mol. The highest BCUT2D eigenvalue weighted by atomic mass is 19.1. The number of Topliss-reactive ketones (excluding diaryl/α,β-unsaturated/α-hetero) is 1. The van der Waals surface area contributed by atoms with Crippen LogP contribution >= 0.6 is 0 Å². The summed E-state index contributed by atoms with van der Waals surface area (Å²) in [6.45, 7) is 1.74. The molecular formula is C26H27FN2O5. The van der Waals surface area contributed by atoms with Crippen molar-refractivity contribution in [3.63, 3.8) is 0 Å². The predicted octanol–water partition coefficient (Wildman–Crippen LogP) is 3.67. The van der Waals surface area contributed by atoms with E-state index in [0.717, 1.165) is 42.7 Å².